The van der Waals surface area contributed by atoms with Gasteiger partial charge in [0.15, 0.2) is 0 Å². The van der Waals surface area contributed by atoms with E-state index in [1.807, 2.05) is 30.3 Å². The van der Waals surface area contributed by atoms with Crippen molar-refractivity contribution in [2.24, 2.45) is 0 Å². The van der Waals surface area contributed by atoms with Gasteiger partial charge in [0.05, 0.1) is 0 Å². The Balaban J connectivity index is 1.59. The highest BCUT2D eigenvalue weighted by Gasteiger charge is 2.29. The van der Waals surface area contributed by atoms with E-state index in [-0.39, 0.29) is 31.9 Å². The number of halogens is 2. The molecule has 1 heterocycles. The first-order chi connectivity index (χ1) is 12.0. The molecule has 2 amide bonds. The summed E-state index contributed by atoms with van der Waals surface area (Å²) in [6, 6.07) is 12.1. The third-order valence-electron chi connectivity index (χ3n) is 3.84. The van der Waals surface area contributed by atoms with Crippen LogP contribution in [0.25, 0.3) is 0 Å². The number of anilines is 1. The van der Waals surface area contributed by atoms with Crippen molar-refractivity contribution in [1.29, 1.82) is 0 Å². The maximum atomic E-state index is 13.3. The summed E-state index contributed by atoms with van der Waals surface area (Å²) in [4.78, 5) is 26.9. The van der Waals surface area contributed by atoms with Crippen LogP contribution in [0.5, 0.6) is 0 Å². The van der Waals surface area contributed by atoms with Crippen LogP contribution in [-0.4, -0.2) is 36.5 Å². The third-order valence-corrected chi connectivity index (χ3v) is 3.84. The van der Waals surface area contributed by atoms with Crippen molar-refractivity contribution < 1.29 is 23.1 Å². The van der Waals surface area contributed by atoms with Crippen molar-refractivity contribution in [1.82, 2.24) is 4.90 Å². The summed E-state index contributed by atoms with van der Waals surface area (Å²) in [7, 11) is 0. The van der Waals surface area contributed by atoms with E-state index in [0.717, 1.165) is 23.8 Å². The van der Waals surface area contributed by atoms with Crippen LogP contribution < -0.4 is 4.90 Å². The molecule has 25 heavy (non-hydrogen) atoms. The quantitative estimate of drug-likeness (QED) is 0.859. The summed E-state index contributed by atoms with van der Waals surface area (Å²) >= 11 is 0. The van der Waals surface area contributed by atoms with E-state index in [9.17, 15) is 18.4 Å². The zero-order chi connectivity index (χ0) is 17.8. The molecule has 0 N–H and O–H groups in total. The predicted octanol–water partition coefficient (Wildman–Crippen LogP) is 2.95. The number of amides is 2. The molecule has 5 nitrogen and oxygen atoms in total. The molecule has 1 saturated heterocycles. The molecule has 3 rings (SSSR count). The molecule has 0 atom stereocenters. The number of nitrogens with zero attached hydrogens (tertiary/aromatic N) is 2. The van der Waals surface area contributed by atoms with E-state index < -0.39 is 23.6 Å². The molecular weight excluding hydrogens is 330 g/mol. The average molecular weight is 346 g/mol. The molecule has 0 aliphatic carbocycles. The second kappa shape index (κ2) is 7.29. The predicted molar refractivity (Wildman–Crippen MR) is 86.9 cm³/mol. The largest absolute Gasteiger partial charge is 0.445 e. The van der Waals surface area contributed by atoms with Gasteiger partial charge in [0.2, 0.25) is 5.91 Å². The van der Waals surface area contributed by atoms with Crippen molar-refractivity contribution in [3.8, 4) is 0 Å². The second-order valence-corrected chi connectivity index (χ2v) is 5.63. The molecule has 7 heteroatoms. The Morgan fingerprint density at radius 1 is 1.04 bits per heavy atom. The van der Waals surface area contributed by atoms with Gasteiger partial charge >= 0.3 is 6.09 Å². The van der Waals surface area contributed by atoms with Crippen molar-refractivity contribution in [2.45, 2.75) is 6.61 Å². The van der Waals surface area contributed by atoms with Crippen LogP contribution in [0.1, 0.15) is 5.56 Å². The highest BCUT2D eigenvalue weighted by atomic mass is 19.1. The Bertz CT molecular complexity index is 763. The van der Waals surface area contributed by atoms with Gasteiger partial charge in [-0.25, -0.2) is 13.6 Å². The zero-order valence-electron chi connectivity index (χ0n) is 13.3. The molecule has 0 aromatic heterocycles. The van der Waals surface area contributed by atoms with Gasteiger partial charge in [0, 0.05) is 24.8 Å². The summed E-state index contributed by atoms with van der Waals surface area (Å²) in [5.74, 6) is -1.94. The molecule has 0 unspecified atom stereocenters. The van der Waals surface area contributed by atoms with Crippen LogP contribution >= 0.6 is 0 Å². The molecule has 2 aromatic carbocycles. The fraction of sp³-hybridized carbons (Fsp3) is 0.222. The lowest BCUT2D eigenvalue weighted by Gasteiger charge is -2.33. The molecule has 1 aliphatic heterocycles. The standard InChI is InChI=1S/C18H16F2N2O3/c19-14-8-15(20)10-16(9-14)22-7-6-21(11-17(22)23)18(24)25-12-13-4-2-1-3-5-13/h1-5,8-10H,6-7,11-12H2. The molecule has 0 saturated carbocycles. The van der Waals surface area contributed by atoms with Crippen LogP contribution in [0, 0.1) is 11.6 Å². The van der Waals surface area contributed by atoms with Crippen LogP contribution in [-0.2, 0) is 16.1 Å². The Morgan fingerprint density at radius 2 is 1.72 bits per heavy atom. The SMILES string of the molecule is O=C(OCc1ccccc1)N1CCN(c2cc(F)cc(F)c2)C(=O)C1. The van der Waals surface area contributed by atoms with E-state index in [2.05, 4.69) is 0 Å². The Kier molecular flexibility index (Phi) is 4.92. The molecule has 0 radical (unpaired) electrons. The second-order valence-electron chi connectivity index (χ2n) is 5.63. The number of piperazine rings is 1. The normalized spacial score (nSPS) is 14.6. The zero-order valence-corrected chi connectivity index (χ0v) is 13.3. The van der Waals surface area contributed by atoms with Gasteiger partial charge in [0.1, 0.15) is 24.8 Å². The number of hydrogen-bond donors (Lipinski definition) is 0. The Labute approximate surface area is 143 Å². The van der Waals surface area contributed by atoms with E-state index >= 15 is 0 Å². The van der Waals surface area contributed by atoms with Gasteiger partial charge in [-0.15, -0.1) is 0 Å². The smallest absolute Gasteiger partial charge is 0.410 e. The topological polar surface area (TPSA) is 49.9 Å². The van der Waals surface area contributed by atoms with E-state index in [0.29, 0.717) is 0 Å². The van der Waals surface area contributed by atoms with Gasteiger partial charge in [-0.2, -0.15) is 0 Å². The van der Waals surface area contributed by atoms with Crippen LogP contribution in [0.3, 0.4) is 0 Å². The van der Waals surface area contributed by atoms with Crippen LogP contribution in [0.4, 0.5) is 19.3 Å². The number of carbonyl (C=O) groups excluding carboxylic acids is 2. The summed E-state index contributed by atoms with van der Waals surface area (Å²) in [6.07, 6.45) is -0.595. The molecule has 0 bridgehead atoms. The molecule has 0 spiro atoms. The highest BCUT2D eigenvalue weighted by molar-refractivity contribution is 5.97. The minimum atomic E-state index is -0.757. The van der Waals surface area contributed by atoms with E-state index in [1.54, 1.807) is 0 Å². The lowest BCUT2D eigenvalue weighted by molar-refractivity contribution is -0.120. The van der Waals surface area contributed by atoms with Crippen molar-refractivity contribution in [3.05, 3.63) is 65.7 Å². The maximum Gasteiger partial charge on any atom is 0.410 e. The Hall–Kier alpha value is -2.96. The molecule has 2 aromatic rings. The number of ether oxygens (including phenoxy) is 1. The number of benzene rings is 2. The molecule has 1 fully saturated rings. The monoisotopic (exact) mass is 346 g/mol. The first-order valence-corrected chi connectivity index (χ1v) is 7.75. The van der Waals surface area contributed by atoms with Crippen molar-refractivity contribution in [3.63, 3.8) is 0 Å². The minimum Gasteiger partial charge on any atom is -0.445 e. The summed E-state index contributed by atoms with van der Waals surface area (Å²) in [5.41, 5.74) is 0.982. The van der Waals surface area contributed by atoms with Crippen LogP contribution in [0.2, 0.25) is 0 Å². The van der Waals surface area contributed by atoms with Crippen molar-refractivity contribution in [2.75, 3.05) is 24.5 Å². The Morgan fingerprint density at radius 3 is 2.36 bits per heavy atom. The summed E-state index contributed by atoms with van der Waals surface area (Å²) < 4.78 is 31.8. The number of hydrogen-bond acceptors (Lipinski definition) is 3. The van der Waals surface area contributed by atoms with Gasteiger partial charge < -0.3 is 9.64 Å². The molecular formula is C18H16F2N2O3. The first-order valence-electron chi connectivity index (χ1n) is 7.75. The summed E-state index contributed by atoms with van der Waals surface area (Å²) in [6.45, 7) is 0.272. The van der Waals surface area contributed by atoms with E-state index in [4.69, 9.17) is 4.74 Å². The minimum absolute atomic E-state index is 0.114. The first kappa shape index (κ1) is 16.9. The van der Waals surface area contributed by atoms with Crippen LogP contribution in [0.15, 0.2) is 48.5 Å². The van der Waals surface area contributed by atoms with E-state index in [1.165, 1.54) is 9.80 Å². The third kappa shape index (κ3) is 4.12. The molecule has 130 valence electrons. The maximum absolute atomic E-state index is 13.3. The van der Waals surface area contributed by atoms with Crippen molar-refractivity contribution >= 4 is 17.7 Å². The summed E-state index contributed by atoms with van der Waals surface area (Å²) in [5, 5.41) is 0. The lowest BCUT2D eigenvalue weighted by atomic mass is 10.2. The van der Waals surface area contributed by atoms with Gasteiger partial charge in [-0.3, -0.25) is 9.69 Å². The molecule has 1 aliphatic rings. The lowest BCUT2D eigenvalue weighted by Crippen LogP contribution is -2.52. The van der Waals surface area contributed by atoms with Gasteiger partial charge in [0.25, 0.3) is 0 Å². The number of carbonyl (C=O) groups is 2. The highest BCUT2D eigenvalue weighted by Crippen LogP contribution is 2.20. The number of rotatable bonds is 3. The fourth-order valence-electron chi connectivity index (χ4n) is 2.61. The van der Waals surface area contributed by atoms with Gasteiger partial charge in [-0.1, -0.05) is 30.3 Å². The van der Waals surface area contributed by atoms with Gasteiger partial charge in [-0.05, 0) is 17.7 Å². The fourth-order valence-corrected chi connectivity index (χ4v) is 2.61. The average Bonchev–Trinajstić information content (AvgIpc) is 2.59.